The number of hydrogen-bond acceptors (Lipinski definition) is 4. The molecule has 2 aromatic rings. The summed E-state index contributed by atoms with van der Waals surface area (Å²) in [5.74, 6) is -0.227. The number of rotatable bonds is 8. The Balaban J connectivity index is 1.76. The van der Waals surface area contributed by atoms with Gasteiger partial charge >= 0.3 is 6.18 Å². The number of unbranched alkanes of at least 4 members (excludes halogenated alkanes) is 1. The normalized spacial score (nSPS) is 13.6. The van der Waals surface area contributed by atoms with Crippen molar-refractivity contribution in [3.63, 3.8) is 0 Å². The second-order valence-corrected chi connectivity index (χ2v) is 7.34. The fraction of sp³-hybridized carbons (Fsp3) is 0.304. The first kappa shape index (κ1) is 23.2. The summed E-state index contributed by atoms with van der Waals surface area (Å²) < 4.78 is 41.8. The molecule has 1 aliphatic heterocycles. The molecule has 0 unspecified atom stereocenters. The number of halogens is 3. The second kappa shape index (κ2) is 10.2. The summed E-state index contributed by atoms with van der Waals surface area (Å²) in [6.45, 7) is 1.94. The Hall–Kier alpha value is -3.49. The average Bonchev–Trinajstić information content (AvgIpc) is 3.03. The van der Waals surface area contributed by atoms with E-state index < -0.39 is 11.9 Å². The first-order chi connectivity index (χ1) is 15.3. The minimum Gasteiger partial charge on any atom is -0.352 e. The Morgan fingerprint density at radius 1 is 1.16 bits per heavy atom. The first-order valence-corrected chi connectivity index (χ1v) is 10.2. The molecular weight excluding hydrogens is 421 g/mol. The maximum absolute atomic E-state index is 13.6. The molecule has 6 nitrogen and oxygen atoms in total. The van der Waals surface area contributed by atoms with Crippen molar-refractivity contribution < 1.29 is 22.8 Å². The lowest BCUT2D eigenvalue weighted by Gasteiger charge is -2.11. The minimum absolute atomic E-state index is 0.103. The Labute approximate surface area is 183 Å². The van der Waals surface area contributed by atoms with E-state index in [9.17, 15) is 22.8 Å². The molecule has 0 saturated carbocycles. The summed E-state index contributed by atoms with van der Waals surface area (Å²) in [6.07, 6.45) is 4.36. The second-order valence-electron chi connectivity index (χ2n) is 7.34. The molecule has 3 rings (SSSR count). The Bertz CT molecular complexity index is 1060. The first-order valence-electron chi connectivity index (χ1n) is 10.2. The number of nitrogens with zero attached hydrogens (tertiary/aromatic N) is 3. The maximum atomic E-state index is 13.6. The number of Topliss-reactive ketones (excluding diaryl/α,β-unsaturated/α-hetero) is 1. The van der Waals surface area contributed by atoms with Crippen molar-refractivity contribution >= 4 is 23.5 Å². The summed E-state index contributed by atoms with van der Waals surface area (Å²) in [5, 5.41) is 6.89. The van der Waals surface area contributed by atoms with E-state index in [0.717, 1.165) is 10.7 Å². The molecule has 1 aromatic heterocycles. The van der Waals surface area contributed by atoms with Crippen molar-refractivity contribution in [2.24, 2.45) is 4.99 Å². The topological polar surface area (TPSA) is 76.3 Å². The van der Waals surface area contributed by atoms with E-state index in [-0.39, 0.29) is 23.1 Å². The van der Waals surface area contributed by atoms with Gasteiger partial charge in [-0.3, -0.25) is 9.79 Å². The summed E-state index contributed by atoms with van der Waals surface area (Å²) >= 11 is 0. The SMILES string of the molecule is CC(=O)CCCCNC(=O)c1ccc(-n2nc(C3=CCC=CN=C3)cc2C(F)(F)F)cc1. The highest BCUT2D eigenvalue weighted by molar-refractivity contribution is 6.09. The third kappa shape index (κ3) is 6.03. The number of benzene rings is 1. The van der Waals surface area contributed by atoms with Crippen LogP contribution in [0.2, 0.25) is 0 Å². The fourth-order valence-electron chi connectivity index (χ4n) is 3.14. The van der Waals surface area contributed by atoms with E-state index in [2.05, 4.69) is 15.4 Å². The monoisotopic (exact) mass is 444 g/mol. The molecule has 168 valence electrons. The van der Waals surface area contributed by atoms with Crippen molar-refractivity contribution in [1.29, 1.82) is 0 Å². The third-order valence-electron chi connectivity index (χ3n) is 4.79. The van der Waals surface area contributed by atoms with Gasteiger partial charge in [0.2, 0.25) is 0 Å². The number of aromatic nitrogens is 2. The van der Waals surface area contributed by atoms with Crippen molar-refractivity contribution in [2.75, 3.05) is 6.54 Å². The van der Waals surface area contributed by atoms with Gasteiger partial charge in [0.15, 0.2) is 0 Å². The van der Waals surface area contributed by atoms with Crippen LogP contribution in [0.25, 0.3) is 11.3 Å². The summed E-state index contributed by atoms with van der Waals surface area (Å²) in [4.78, 5) is 27.2. The summed E-state index contributed by atoms with van der Waals surface area (Å²) in [6, 6.07) is 6.75. The average molecular weight is 444 g/mol. The molecule has 0 fully saturated rings. The van der Waals surface area contributed by atoms with Gasteiger partial charge in [0.05, 0.1) is 11.4 Å². The van der Waals surface area contributed by atoms with Crippen LogP contribution in [0.1, 0.15) is 54.4 Å². The van der Waals surface area contributed by atoms with Gasteiger partial charge in [-0.2, -0.15) is 18.3 Å². The maximum Gasteiger partial charge on any atom is 0.433 e. The molecule has 2 heterocycles. The smallest absolute Gasteiger partial charge is 0.352 e. The van der Waals surface area contributed by atoms with Crippen molar-refractivity contribution in [1.82, 2.24) is 15.1 Å². The zero-order chi connectivity index (χ0) is 23.1. The quantitative estimate of drug-likeness (QED) is 0.597. The van der Waals surface area contributed by atoms with Crippen molar-refractivity contribution in [2.45, 2.75) is 38.8 Å². The number of ketones is 1. The third-order valence-corrected chi connectivity index (χ3v) is 4.79. The minimum atomic E-state index is -4.61. The van der Waals surface area contributed by atoms with Crippen LogP contribution >= 0.6 is 0 Å². The van der Waals surface area contributed by atoms with Crippen LogP contribution in [0.4, 0.5) is 13.2 Å². The van der Waals surface area contributed by atoms with Gasteiger partial charge in [-0.15, -0.1) is 0 Å². The largest absolute Gasteiger partial charge is 0.433 e. The lowest BCUT2D eigenvalue weighted by molar-refractivity contribution is -0.142. The molecule has 0 atom stereocenters. The molecule has 0 bridgehead atoms. The van der Waals surface area contributed by atoms with Gasteiger partial charge < -0.3 is 10.1 Å². The molecule has 0 saturated heterocycles. The van der Waals surface area contributed by atoms with E-state index in [4.69, 9.17) is 0 Å². The van der Waals surface area contributed by atoms with Crippen LogP contribution in [0, 0.1) is 0 Å². The molecule has 0 aliphatic carbocycles. The van der Waals surface area contributed by atoms with Crippen LogP contribution in [-0.2, 0) is 11.0 Å². The van der Waals surface area contributed by atoms with Gasteiger partial charge in [0.1, 0.15) is 11.5 Å². The van der Waals surface area contributed by atoms with Gasteiger partial charge in [0.25, 0.3) is 5.91 Å². The highest BCUT2D eigenvalue weighted by Crippen LogP contribution is 2.33. The van der Waals surface area contributed by atoms with Gasteiger partial charge in [-0.1, -0.05) is 12.2 Å². The Kier molecular flexibility index (Phi) is 7.40. The highest BCUT2D eigenvalue weighted by atomic mass is 19.4. The van der Waals surface area contributed by atoms with Crippen LogP contribution in [-0.4, -0.2) is 34.2 Å². The molecule has 32 heavy (non-hydrogen) atoms. The zero-order valence-electron chi connectivity index (χ0n) is 17.5. The lowest BCUT2D eigenvalue weighted by Crippen LogP contribution is -2.24. The van der Waals surface area contributed by atoms with Gasteiger partial charge in [-0.05, 0) is 56.5 Å². The number of hydrogen-bond donors (Lipinski definition) is 1. The van der Waals surface area contributed by atoms with Crippen LogP contribution in [0.15, 0.2) is 53.7 Å². The molecule has 9 heteroatoms. The molecule has 0 radical (unpaired) electrons. The van der Waals surface area contributed by atoms with Crippen LogP contribution < -0.4 is 5.32 Å². The van der Waals surface area contributed by atoms with E-state index in [1.165, 1.54) is 37.4 Å². The van der Waals surface area contributed by atoms with Gasteiger partial charge in [-0.25, -0.2) is 4.68 Å². The number of carbonyl (C=O) groups is 2. The number of allylic oxidation sites excluding steroid dienone is 3. The van der Waals surface area contributed by atoms with Crippen molar-refractivity contribution in [3.05, 3.63) is 65.6 Å². The molecular formula is C23H23F3N4O2. The highest BCUT2D eigenvalue weighted by Gasteiger charge is 2.36. The summed E-state index contributed by atoms with van der Waals surface area (Å²) in [7, 11) is 0. The predicted octanol–water partition coefficient (Wildman–Crippen LogP) is 4.75. The van der Waals surface area contributed by atoms with Crippen LogP contribution in [0.5, 0.6) is 0 Å². The standard InChI is InChI=1S/C23H23F3N4O2/c1-16(31)6-2-5-13-28-22(32)17-8-10-19(11-9-17)30-21(23(24,25)26)14-20(29-30)18-7-3-4-12-27-15-18/h4,7-12,14-15H,2-3,5-6,13H2,1H3,(H,28,32). The Morgan fingerprint density at radius 2 is 1.91 bits per heavy atom. The molecule has 0 spiro atoms. The lowest BCUT2D eigenvalue weighted by atomic mass is 10.1. The van der Waals surface area contributed by atoms with E-state index in [0.29, 0.717) is 43.4 Å². The van der Waals surface area contributed by atoms with E-state index in [1.54, 1.807) is 18.4 Å². The Morgan fingerprint density at radius 3 is 2.59 bits per heavy atom. The zero-order valence-corrected chi connectivity index (χ0v) is 17.5. The molecule has 1 aromatic carbocycles. The van der Waals surface area contributed by atoms with Crippen LogP contribution in [0.3, 0.4) is 0 Å². The van der Waals surface area contributed by atoms with Gasteiger partial charge in [0, 0.05) is 36.5 Å². The van der Waals surface area contributed by atoms with E-state index >= 15 is 0 Å². The fourth-order valence-corrected chi connectivity index (χ4v) is 3.14. The number of nitrogens with one attached hydrogen (secondary N) is 1. The number of carbonyl (C=O) groups excluding carboxylic acids is 2. The van der Waals surface area contributed by atoms with E-state index in [1.807, 2.05) is 0 Å². The molecule has 1 aliphatic rings. The predicted molar refractivity (Wildman–Crippen MR) is 116 cm³/mol. The van der Waals surface area contributed by atoms with Crippen molar-refractivity contribution in [3.8, 4) is 5.69 Å². The number of alkyl halides is 3. The summed E-state index contributed by atoms with van der Waals surface area (Å²) in [5.41, 5.74) is 0.260. The number of amides is 1. The molecule has 1 amide bonds. The number of aliphatic imine (C=N–C) groups is 1. The molecule has 1 N–H and O–H groups in total.